The van der Waals surface area contributed by atoms with Crippen molar-refractivity contribution < 1.29 is 17.9 Å². The van der Waals surface area contributed by atoms with Gasteiger partial charge in [0, 0.05) is 6.54 Å². The molecule has 0 aliphatic rings. The molecular formula is C26H30N2O4S. The topological polar surface area (TPSA) is 75.7 Å². The lowest BCUT2D eigenvalue weighted by molar-refractivity contribution is -0.119. The summed E-state index contributed by atoms with van der Waals surface area (Å²) in [6, 6.07) is 23.1. The predicted molar refractivity (Wildman–Crippen MR) is 131 cm³/mol. The van der Waals surface area contributed by atoms with Crippen LogP contribution in [0.15, 0.2) is 83.8 Å². The van der Waals surface area contributed by atoms with Gasteiger partial charge in [0.2, 0.25) is 5.91 Å². The Morgan fingerprint density at radius 2 is 1.61 bits per heavy atom. The van der Waals surface area contributed by atoms with Gasteiger partial charge in [0.25, 0.3) is 10.0 Å². The molecule has 0 saturated carbocycles. The number of sulfonamides is 1. The molecule has 3 aromatic rings. The molecule has 3 rings (SSSR count). The van der Waals surface area contributed by atoms with Crippen LogP contribution in [0.5, 0.6) is 5.75 Å². The van der Waals surface area contributed by atoms with E-state index >= 15 is 0 Å². The molecule has 0 aliphatic heterocycles. The number of amides is 1. The van der Waals surface area contributed by atoms with Crippen LogP contribution in [0.2, 0.25) is 0 Å². The summed E-state index contributed by atoms with van der Waals surface area (Å²) in [5, 5.41) is 2.85. The summed E-state index contributed by atoms with van der Waals surface area (Å²) >= 11 is 0. The molecule has 3 aromatic carbocycles. The standard InChI is InChI=1S/C26H30N2O4S/c1-3-32-25-14-8-7-10-22(25)11-9-19-27-26(29)20-28(23-17-15-21(2)16-18-23)33(30,31)24-12-5-4-6-13-24/h4-8,10,12-18H,3,9,11,19-20H2,1-2H3,(H,27,29). The van der Waals surface area contributed by atoms with Gasteiger partial charge in [-0.15, -0.1) is 0 Å². The van der Waals surface area contributed by atoms with Gasteiger partial charge in [-0.3, -0.25) is 9.10 Å². The van der Waals surface area contributed by atoms with Crippen LogP contribution in [0.25, 0.3) is 0 Å². The number of hydrogen-bond acceptors (Lipinski definition) is 4. The van der Waals surface area contributed by atoms with Crippen LogP contribution in [0.4, 0.5) is 5.69 Å². The number of ether oxygens (including phenoxy) is 1. The summed E-state index contributed by atoms with van der Waals surface area (Å²) in [5.74, 6) is 0.499. The van der Waals surface area contributed by atoms with Crippen molar-refractivity contribution in [3.05, 3.63) is 90.0 Å². The van der Waals surface area contributed by atoms with E-state index in [0.717, 1.165) is 27.6 Å². The summed E-state index contributed by atoms with van der Waals surface area (Å²) in [6.07, 6.45) is 1.46. The van der Waals surface area contributed by atoms with Crippen LogP contribution in [0.1, 0.15) is 24.5 Å². The molecule has 174 valence electrons. The van der Waals surface area contributed by atoms with Gasteiger partial charge in [0.15, 0.2) is 0 Å². The Balaban J connectivity index is 1.66. The zero-order valence-corrected chi connectivity index (χ0v) is 19.8. The third kappa shape index (κ3) is 6.58. The van der Waals surface area contributed by atoms with Crippen molar-refractivity contribution in [2.45, 2.75) is 31.6 Å². The lowest BCUT2D eigenvalue weighted by atomic mass is 10.1. The van der Waals surface area contributed by atoms with Gasteiger partial charge in [-0.1, -0.05) is 54.1 Å². The molecular weight excluding hydrogens is 436 g/mol. The van der Waals surface area contributed by atoms with Crippen molar-refractivity contribution in [1.29, 1.82) is 0 Å². The average Bonchev–Trinajstić information content (AvgIpc) is 2.82. The lowest BCUT2D eigenvalue weighted by Crippen LogP contribution is -2.41. The summed E-state index contributed by atoms with van der Waals surface area (Å²) in [6.45, 7) is 4.61. The molecule has 0 unspecified atom stereocenters. The Bertz CT molecular complexity index is 1150. The first-order valence-corrected chi connectivity index (χ1v) is 12.5. The number of nitrogens with zero attached hydrogens (tertiary/aromatic N) is 1. The minimum absolute atomic E-state index is 0.144. The van der Waals surface area contributed by atoms with Gasteiger partial charge >= 0.3 is 0 Å². The van der Waals surface area contributed by atoms with Crippen LogP contribution < -0.4 is 14.4 Å². The van der Waals surface area contributed by atoms with E-state index in [4.69, 9.17) is 4.74 Å². The van der Waals surface area contributed by atoms with Crippen LogP contribution in [-0.2, 0) is 21.2 Å². The van der Waals surface area contributed by atoms with Crippen LogP contribution in [-0.4, -0.2) is 34.0 Å². The molecule has 0 spiro atoms. The zero-order chi connectivity index (χ0) is 23.7. The van der Waals surface area contributed by atoms with Crippen LogP contribution in [0, 0.1) is 6.92 Å². The van der Waals surface area contributed by atoms with Crippen molar-refractivity contribution in [2.75, 3.05) is 24.0 Å². The second kappa shape index (κ2) is 11.5. The molecule has 0 aliphatic carbocycles. The average molecular weight is 467 g/mol. The van der Waals surface area contributed by atoms with E-state index < -0.39 is 10.0 Å². The number of benzene rings is 3. The molecule has 0 saturated heterocycles. The Labute approximate surface area is 196 Å². The summed E-state index contributed by atoms with van der Waals surface area (Å²) < 4.78 is 33.4. The number of carbonyl (C=O) groups excluding carboxylic acids is 1. The SMILES string of the molecule is CCOc1ccccc1CCCNC(=O)CN(c1ccc(C)cc1)S(=O)(=O)c1ccccc1. The largest absolute Gasteiger partial charge is 0.494 e. The fourth-order valence-electron chi connectivity index (χ4n) is 3.45. The Morgan fingerprint density at radius 1 is 0.939 bits per heavy atom. The number of aryl methyl sites for hydroxylation is 2. The van der Waals surface area contributed by atoms with Gasteiger partial charge in [-0.25, -0.2) is 8.42 Å². The number of rotatable bonds is 11. The van der Waals surface area contributed by atoms with Gasteiger partial charge in [0.1, 0.15) is 12.3 Å². The minimum atomic E-state index is -3.89. The molecule has 0 atom stereocenters. The number of nitrogens with one attached hydrogen (secondary N) is 1. The first-order chi connectivity index (χ1) is 15.9. The zero-order valence-electron chi connectivity index (χ0n) is 19.0. The quantitative estimate of drug-likeness (QED) is 0.427. The third-order valence-electron chi connectivity index (χ3n) is 5.16. The van der Waals surface area contributed by atoms with Crippen molar-refractivity contribution >= 4 is 21.6 Å². The molecule has 0 heterocycles. The van der Waals surface area contributed by atoms with Crippen molar-refractivity contribution in [2.24, 2.45) is 0 Å². The Morgan fingerprint density at radius 3 is 2.30 bits per heavy atom. The molecule has 1 amide bonds. The minimum Gasteiger partial charge on any atom is -0.494 e. The highest BCUT2D eigenvalue weighted by molar-refractivity contribution is 7.92. The maximum Gasteiger partial charge on any atom is 0.264 e. The van der Waals surface area contributed by atoms with E-state index in [1.54, 1.807) is 30.3 Å². The molecule has 6 nitrogen and oxygen atoms in total. The number of anilines is 1. The highest BCUT2D eigenvalue weighted by Crippen LogP contribution is 2.24. The summed E-state index contributed by atoms with van der Waals surface area (Å²) in [7, 11) is -3.89. The Hall–Kier alpha value is -3.32. The first-order valence-electron chi connectivity index (χ1n) is 11.0. The highest BCUT2D eigenvalue weighted by Gasteiger charge is 2.26. The van der Waals surface area contributed by atoms with Gasteiger partial charge in [0.05, 0.1) is 17.2 Å². The van der Waals surface area contributed by atoms with Crippen molar-refractivity contribution in [3.63, 3.8) is 0 Å². The molecule has 7 heteroatoms. The monoisotopic (exact) mass is 466 g/mol. The lowest BCUT2D eigenvalue weighted by Gasteiger charge is -2.24. The van der Waals surface area contributed by atoms with Crippen molar-refractivity contribution in [1.82, 2.24) is 5.32 Å². The molecule has 0 aromatic heterocycles. The fraction of sp³-hybridized carbons (Fsp3) is 0.269. The van der Waals surface area contributed by atoms with E-state index in [9.17, 15) is 13.2 Å². The molecule has 1 N–H and O–H groups in total. The molecule has 0 bridgehead atoms. The predicted octanol–water partition coefficient (Wildman–Crippen LogP) is 4.34. The second-order valence-corrected chi connectivity index (χ2v) is 9.52. The van der Waals surface area contributed by atoms with Gasteiger partial charge < -0.3 is 10.1 Å². The summed E-state index contributed by atoms with van der Waals surface area (Å²) in [5.41, 5.74) is 2.54. The maximum absolute atomic E-state index is 13.3. The van der Waals surface area contributed by atoms with Gasteiger partial charge in [-0.05, 0) is 62.6 Å². The number of carbonyl (C=O) groups is 1. The smallest absolute Gasteiger partial charge is 0.264 e. The van der Waals surface area contributed by atoms with Gasteiger partial charge in [-0.2, -0.15) is 0 Å². The normalized spacial score (nSPS) is 11.1. The third-order valence-corrected chi connectivity index (χ3v) is 6.95. The highest BCUT2D eigenvalue weighted by atomic mass is 32.2. The van der Waals surface area contributed by atoms with Crippen LogP contribution >= 0.6 is 0 Å². The summed E-state index contributed by atoms with van der Waals surface area (Å²) in [4.78, 5) is 12.9. The second-order valence-electron chi connectivity index (χ2n) is 7.65. The van der Waals surface area contributed by atoms with E-state index in [2.05, 4.69) is 5.32 Å². The first kappa shape index (κ1) is 24.3. The van der Waals surface area contributed by atoms with E-state index in [1.165, 1.54) is 12.1 Å². The molecule has 33 heavy (non-hydrogen) atoms. The van der Waals surface area contributed by atoms with E-state index in [1.807, 2.05) is 50.2 Å². The Kier molecular flexibility index (Phi) is 8.49. The van der Waals surface area contributed by atoms with E-state index in [-0.39, 0.29) is 17.3 Å². The molecule has 0 fully saturated rings. The van der Waals surface area contributed by atoms with E-state index in [0.29, 0.717) is 25.3 Å². The van der Waals surface area contributed by atoms with Crippen molar-refractivity contribution in [3.8, 4) is 5.75 Å². The number of hydrogen-bond donors (Lipinski definition) is 1. The maximum atomic E-state index is 13.3. The van der Waals surface area contributed by atoms with Crippen LogP contribution in [0.3, 0.4) is 0 Å². The molecule has 0 radical (unpaired) electrons. The fourth-order valence-corrected chi connectivity index (χ4v) is 4.89. The number of para-hydroxylation sites is 1.